The monoisotopic (exact) mass is 446 g/mol. The zero-order valence-corrected chi connectivity index (χ0v) is 19.4. The lowest BCUT2D eigenvalue weighted by molar-refractivity contribution is -0.152. The van der Waals surface area contributed by atoms with Crippen LogP contribution in [0, 0.1) is 5.92 Å². The van der Waals surface area contributed by atoms with Gasteiger partial charge >= 0.3 is 0 Å². The maximum atomic E-state index is 13.3. The van der Waals surface area contributed by atoms with Crippen LogP contribution in [0.2, 0.25) is 0 Å². The number of hydrazine groups is 1. The molecule has 0 saturated carbocycles. The van der Waals surface area contributed by atoms with Gasteiger partial charge in [0.15, 0.2) is 0 Å². The molecule has 8 nitrogen and oxygen atoms in total. The predicted octanol–water partition coefficient (Wildman–Crippen LogP) is 2.84. The summed E-state index contributed by atoms with van der Waals surface area (Å²) in [6.07, 6.45) is 7.38. The van der Waals surface area contributed by atoms with Crippen molar-refractivity contribution < 1.29 is 19.2 Å². The number of carbonyl (C=O) groups is 3. The van der Waals surface area contributed by atoms with Crippen molar-refractivity contribution >= 4 is 17.7 Å². The Morgan fingerprint density at radius 3 is 2.62 bits per heavy atom. The van der Waals surface area contributed by atoms with Crippen LogP contribution in [0.3, 0.4) is 0 Å². The number of hydroxylamine groups is 1. The van der Waals surface area contributed by atoms with Crippen molar-refractivity contribution in [1.29, 1.82) is 0 Å². The van der Waals surface area contributed by atoms with Crippen LogP contribution in [-0.2, 0) is 25.8 Å². The van der Waals surface area contributed by atoms with Crippen molar-refractivity contribution in [3.63, 3.8) is 0 Å². The molecule has 0 aliphatic carbocycles. The molecule has 0 bridgehead atoms. The lowest BCUT2D eigenvalue weighted by Gasteiger charge is -2.37. The number of hydrogen-bond acceptors (Lipinski definition) is 5. The van der Waals surface area contributed by atoms with Gasteiger partial charge in [-0.15, -0.1) is 0 Å². The van der Waals surface area contributed by atoms with Crippen LogP contribution in [-0.4, -0.2) is 42.4 Å². The molecule has 1 saturated heterocycles. The first-order valence-corrected chi connectivity index (χ1v) is 11.8. The van der Waals surface area contributed by atoms with Gasteiger partial charge in [-0.05, 0) is 24.8 Å². The number of rotatable bonds is 13. The van der Waals surface area contributed by atoms with Crippen LogP contribution in [0.25, 0.3) is 0 Å². The van der Waals surface area contributed by atoms with Gasteiger partial charge in [-0.2, -0.15) is 0 Å². The molecule has 1 aliphatic heterocycles. The minimum atomic E-state index is -0.554. The Labute approximate surface area is 191 Å². The minimum absolute atomic E-state index is 0.0278. The molecule has 2 rings (SSSR count). The summed E-state index contributed by atoms with van der Waals surface area (Å²) in [5.74, 6) is -1.23. The summed E-state index contributed by atoms with van der Waals surface area (Å²) < 4.78 is 0. The van der Waals surface area contributed by atoms with Crippen molar-refractivity contribution in [2.45, 2.75) is 77.4 Å². The Hall–Kier alpha value is -2.45. The first-order chi connectivity index (χ1) is 15.6. The van der Waals surface area contributed by atoms with Crippen molar-refractivity contribution in [1.82, 2.24) is 21.2 Å². The molecular weight excluding hydrogens is 408 g/mol. The van der Waals surface area contributed by atoms with Crippen LogP contribution in [0.1, 0.15) is 70.3 Å². The topological polar surface area (TPSA) is 99.8 Å². The average molecular weight is 447 g/mol. The number of likely N-dealkylation sites (N-methyl/N-ethyl adjacent to an activating group) is 1. The van der Waals surface area contributed by atoms with Gasteiger partial charge in [0, 0.05) is 25.9 Å². The van der Waals surface area contributed by atoms with E-state index < -0.39 is 12.0 Å². The predicted molar refractivity (Wildman–Crippen MR) is 123 cm³/mol. The van der Waals surface area contributed by atoms with E-state index in [9.17, 15) is 14.4 Å². The molecule has 8 heteroatoms. The molecule has 0 radical (unpaired) electrons. The van der Waals surface area contributed by atoms with Crippen LogP contribution in [0.15, 0.2) is 30.3 Å². The van der Waals surface area contributed by atoms with E-state index >= 15 is 0 Å². The molecule has 0 unspecified atom stereocenters. The lowest BCUT2D eigenvalue weighted by Crippen LogP contribution is -2.59. The van der Waals surface area contributed by atoms with Gasteiger partial charge in [0.25, 0.3) is 0 Å². The summed E-state index contributed by atoms with van der Waals surface area (Å²) in [7, 11) is 1.57. The van der Waals surface area contributed by atoms with E-state index in [2.05, 4.69) is 23.1 Å². The Balaban J connectivity index is 1.96. The maximum absolute atomic E-state index is 13.3. The zero-order valence-electron chi connectivity index (χ0n) is 19.4. The van der Waals surface area contributed by atoms with Gasteiger partial charge < -0.3 is 5.32 Å². The normalized spacial score (nSPS) is 16.9. The highest BCUT2D eigenvalue weighted by Gasteiger charge is 2.36. The number of nitrogens with one attached hydrogen (secondary N) is 3. The van der Waals surface area contributed by atoms with E-state index in [4.69, 9.17) is 4.84 Å². The Morgan fingerprint density at radius 1 is 1.16 bits per heavy atom. The van der Waals surface area contributed by atoms with E-state index in [0.29, 0.717) is 19.4 Å². The molecule has 1 aliphatic rings. The molecule has 0 aromatic heterocycles. The molecule has 32 heavy (non-hydrogen) atoms. The molecule has 178 valence electrons. The van der Waals surface area contributed by atoms with Crippen LogP contribution < -0.4 is 16.2 Å². The molecular formula is C24H38N4O4. The Morgan fingerprint density at radius 2 is 1.91 bits per heavy atom. The SMILES string of the molecule is CCCCCCC[C@H](CC(=O)NOCc1ccccc1)C(=O)N1NCCC[C@H]1C(=O)NC. The largest absolute Gasteiger partial charge is 0.357 e. The quantitative estimate of drug-likeness (QED) is 0.320. The fourth-order valence-corrected chi connectivity index (χ4v) is 3.92. The van der Waals surface area contributed by atoms with E-state index in [0.717, 1.165) is 37.7 Å². The van der Waals surface area contributed by atoms with Gasteiger partial charge in [0.1, 0.15) is 6.04 Å². The van der Waals surface area contributed by atoms with Gasteiger partial charge in [0.2, 0.25) is 17.7 Å². The molecule has 1 fully saturated rings. The highest BCUT2D eigenvalue weighted by molar-refractivity contribution is 5.90. The van der Waals surface area contributed by atoms with Crippen molar-refractivity contribution in [3.8, 4) is 0 Å². The number of benzene rings is 1. The number of hydrogen-bond donors (Lipinski definition) is 3. The fraction of sp³-hybridized carbons (Fsp3) is 0.625. The molecule has 3 amide bonds. The van der Waals surface area contributed by atoms with Crippen molar-refractivity contribution in [3.05, 3.63) is 35.9 Å². The van der Waals surface area contributed by atoms with Crippen LogP contribution in [0.4, 0.5) is 0 Å². The molecule has 3 N–H and O–H groups in total. The Kier molecular flexibility index (Phi) is 11.8. The van der Waals surface area contributed by atoms with Crippen molar-refractivity contribution in [2.24, 2.45) is 5.92 Å². The van der Waals surface area contributed by atoms with Gasteiger partial charge in [0.05, 0.1) is 6.61 Å². The highest BCUT2D eigenvalue weighted by atomic mass is 16.6. The summed E-state index contributed by atoms with van der Waals surface area (Å²) >= 11 is 0. The second-order valence-electron chi connectivity index (χ2n) is 8.29. The van der Waals surface area contributed by atoms with Crippen molar-refractivity contribution in [2.75, 3.05) is 13.6 Å². The minimum Gasteiger partial charge on any atom is -0.357 e. The second kappa shape index (κ2) is 14.6. The van der Waals surface area contributed by atoms with Gasteiger partial charge in [-0.25, -0.2) is 10.9 Å². The molecule has 0 spiro atoms. The summed E-state index contributed by atoms with van der Waals surface area (Å²) in [5.41, 5.74) is 6.49. The lowest BCUT2D eigenvalue weighted by atomic mass is 9.94. The van der Waals surface area contributed by atoms with Gasteiger partial charge in [-0.3, -0.25) is 24.2 Å². The third-order valence-corrected chi connectivity index (χ3v) is 5.74. The fourth-order valence-electron chi connectivity index (χ4n) is 3.92. The summed E-state index contributed by atoms with van der Waals surface area (Å²) in [6, 6.07) is 9.00. The maximum Gasteiger partial charge on any atom is 0.244 e. The van der Waals surface area contributed by atoms with E-state index in [1.54, 1.807) is 7.05 Å². The third kappa shape index (κ3) is 8.59. The number of carbonyl (C=O) groups excluding carboxylic acids is 3. The third-order valence-electron chi connectivity index (χ3n) is 5.74. The van der Waals surface area contributed by atoms with Crippen LogP contribution >= 0.6 is 0 Å². The summed E-state index contributed by atoms with van der Waals surface area (Å²) in [4.78, 5) is 43.5. The standard InChI is InChI=1S/C24H38N4O4/c1-3-4-5-6-10-14-20(17-22(29)27-32-18-19-12-8-7-9-13-19)24(31)28-21(23(30)25-2)15-11-16-26-28/h7-9,12-13,20-21,26H,3-6,10-11,14-18H2,1-2H3,(H,25,30)(H,27,29)/t20-,21+/m1/s1. The molecule has 1 heterocycles. The highest BCUT2D eigenvalue weighted by Crippen LogP contribution is 2.21. The number of nitrogens with zero attached hydrogens (tertiary/aromatic N) is 1. The average Bonchev–Trinajstić information content (AvgIpc) is 2.83. The first kappa shape index (κ1) is 25.8. The van der Waals surface area contributed by atoms with E-state index in [-0.39, 0.29) is 30.7 Å². The zero-order chi connectivity index (χ0) is 23.2. The Bertz CT molecular complexity index is 713. The summed E-state index contributed by atoms with van der Waals surface area (Å²) in [5, 5.41) is 4.08. The second-order valence-corrected chi connectivity index (χ2v) is 8.29. The number of amides is 3. The number of unbranched alkanes of at least 4 members (excludes halogenated alkanes) is 4. The molecule has 2 atom stereocenters. The molecule has 1 aromatic carbocycles. The smallest absolute Gasteiger partial charge is 0.244 e. The first-order valence-electron chi connectivity index (χ1n) is 11.8. The van der Waals surface area contributed by atoms with Crippen LogP contribution in [0.5, 0.6) is 0 Å². The van der Waals surface area contributed by atoms with Gasteiger partial charge in [-0.1, -0.05) is 69.4 Å². The van der Waals surface area contributed by atoms with E-state index in [1.165, 1.54) is 11.4 Å². The van der Waals surface area contributed by atoms with E-state index in [1.807, 2.05) is 30.3 Å². The summed E-state index contributed by atoms with van der Waals surface area (Å²) in [6.45, 7) is 3.05. The molecule has 1 aromatic rings.